The van der Waals surface area contributed by atoms with Gasteiger partial charge in [-0.15, -0.1) is 0 Å². The monoisotopic (exact) mass is 493 g/mol. The van der Waals surface area contributed by atoms with Crippen molar-refractivity contribution in [3.63, 3.8) is 0 Å². The summed E-state index contributed by atoms with van der Waals surface area (Å²) in [6.45, 7) is 22.9. The van der Waals surface area contributed by atoms with Gasteiger partial charge in [-0.3, -0.25) is 0 Å². The molecule has 0 saturated heterocycles. The van der Waals surface area contributed by atoms with E-state index in [0.29, 0.717) is 32.7 Å². The van der Waals surface area contributed by atoms with Gasteiger partial charge in [0.15, 0.2) is 16.6 Å². The SMILES string of the molecule is CCC(C)(CN)C[Si](C)(C)O[Si](C)(CC(C)(CN)CN)O[Si](C)(C)CC(C)(CN)CN. The van der Waals surface area contributed by atoms with Gasteiger partial charge in [0, 0.05) is 0 Å². The van der Waals surface area contributed by atoms with Gasteiger partial charge in [-0.1, -0.05) is 27.7 Å². The Hall–Kier alpha value is 0.371. The van der Waals surface area contributed by atoms with E-state index >= 15 is 0 Å². The van der Waals surface area contributed by atoms with Gasteiger partial charge in [-0.2, -0.15) is 0 Å². The minimum atomic E-state index is -2.61. The molecule has 10 N–H and O–H groups in total. The van der Waals surface area contributed by atoms with Crippen LogP contribution in [0.1, 0.15) is 34.1 Å². The van der Waals surface area contributed by atoms with E-state index in [4.69, 9.17) is 36.9 Å². The van der Waals surface area contributed by atoms with Crippen LogP contribution in [0.4, 0.5) is 0 Å². The number of hydrogen-bond acceptors (Lipinski definition) is 7. The van der Waals surface area contributed by atoms with E-state index in [1.165, 1.54) is 0 Å². The van der Waals surface area contributed by atoms with Crippen LogP contribution in [0, 0.1) is 16.2 Å². The molecule has 188 valence electrons. The average Bonchev–Trinajstić information content (AvgIpc) is 2.65. The van der Waals surface area contributed by atoms with E-state index < -0.39 is 25.2 Å². The zero-order valence-electron chi connectivity index (χ0n) is 22.1. The summed E-state index contributed by atoms with van der Waals surface area (Å²) < 4.78 is 14.2. The van der Waals surface area contributed by atoms with E-state index in [0.717, 1.165) is 24.6 Å². The van der Waals surface area contributed by atoms with Crippen molar-refractivity contribution >= 4 is 25.2 Å². The summed E-state index contributed by atoms with van der Waals surface area (Å²) in [7, 11) is -6.80. The number of rotatable bonds is 16. The minimum absolute atomic E-state index is 0.0840. The first kappa shape index (κ1) is 31.4. The molecule has 0 rings (SSSR count). The van der Waals surface area contributed by atoms with E-state index in [9.17, 15) is 0 Å². The summed E-state index contributed by atoms with van der Waals surface area (Å²) in [4.78, 5) is 0. The second-order valence-corrected chi connectivity index (χ2v) is 24.2. The molecule has 0 aromatic heterocycles. The van der Waals surface area contributed by atoms with E-state index in [1.807, 2.05) is 0 Å². The molecule has 0 heterocycles. The van der Waals surface area contributed by atoms with E-state index in [1.54, 1.807) is 0 Å². The maximum absolute atomic E-state index is 7.10. The van der Waals surface area contributed by atoms with Crippen molar-refractivity contribution < 1.29 is 8.23 Å². The fraction of sp³-hybridized carbons (Fsp3) is 1.00. The molecule has 0 aromatic carbocycles. The summed E-state index contributed by atoms with van der Waals surface area (Å²) in [6, 6.07) is 2.69. The van der Waals surface area contributed by atoms with Crippen LogP contribution in [-0.2, 0) is 8.23 Å². The Kier molecular flexibility index (Phi) is 11.8. The van der Waals surface area contributed by atoms with Crippen LogP contribution in [0.3, 0.4) is 0 Å². The maximum atomic E-state index is 7.10. The van der Waals surface area contributed by atoms with Crippen molar-refractivity contribution in [3.8, 4) is 0 Å². The van der Waals surface area contributed by atoms with Gasteiger partial charge in [0.1, 0.15) is 0 Å². The van der Waals surface area contributed by atoms with E-state index in [2.05, 4.69) is 60.4 Å². The third-order valence-electron chi connectivity index (χ3n) is 6.75. The van der Waals surface area contributed by atoms with E-state index in [-0.39, 0.29) is 16.2 Å². The molecule has 10 heteroatoms. The molecule has 0 saturated carbocycles. The third-order valence-corrected chi connectivity index (χ3v) is 19.5. The molecule has 0 aliphatic heterocycles. The van der Waals surface area contributed by atoms with Crippen molar-refractivity contribution in [1.29, 1.82) is 0 Å². The average molecular weight is 494 g/mol. The Bertz CT molecular complexity index is 503. The van der Waals surface area contributed by atoms with Gasteiger partial charge in [-0.05, 0) is 106 Å². The Morgan fingerprint density at radius 3 is 1.13 bits per heavy atom. The molecule has 0 spiro atoms. The maximum Gasteiger partial charge on any atom is 0.315 e. The lowest BCUT2D eigenvalue weighted by atomic mass is 9.90. The predicted octanol–water partition coefficient (Wildman–Crippen LogP) is 2.72. The molecule has 0 amide bonds. The molecule has 0 aliphatic carbocycles. The highest BCUT2D eigenvalue weighted by atomic mass is 28.5. The summed E-state index contributed by atoms with van der Waals surface area (Å²) in [5, 5.41) is 0. The lowest BCUT2D eigenvalue weighted by Crippen LogP contribution is -2.59. The third kappa shape index (κ3) is 10.4. The Balaban J connectivity index is 5.97. The first-order valence-corrected chi connectivity index (χ1v) is 20.6. The highest BCUT2D eigenvalue weighted by Gasteiger charge is 2.49. The summed E-state index contributed by atoms with van der Waals surface area (Å²) in [6.07, 6.45) is 1.04. The molecule has 31 heavy (non-hydrogen) atoms. The second-order valence-electron chi connectivity index (χ2n) is 12.2. The van der Waals surface area contributed by atoms with Crippen LogP contribution in [0.2, 0.25) is 50.9 Å². The van der Waals surface area contributed by atoms with Gasteiger partial charge in [0.2, 0.25) is 0 Å². The molecule has 0 fully saturated rings. The zero-order valence-corrected chi connectivity index (χ0v) is 25.1. The number of hydrogen-bond donors (Lipinski definition) is 5. The zero-order chi connectivity index (χ0) is 24.8. The Morgan fingerprint density at radius 1 is 0.548 bits per heavy atom. The molecule has 2 unspecified atom stereocenters. The summed E-state index contributed by atoms with van der Waals surface area (Å²) >= 11 is 0. The molecule has 0 aromatic rings. The van der Waals surface area contributed by atoms with Gasteiger partial charge in [0.05, 0.1) is 0 Å². The molecule has 2 atom stereocenters. The lowest BCUT2D eigenvalue weighted by molar-refractivity contribution is 0.291. The van der Waals surface area contributed by atoms with Crippen LogP contribution < -0.4 is 28.7 Å². The smallest absolute Gasteiger partial charge is 0.315 e. The van der Waals surface area contributed by atoms with Gasteiger partial charge < -0.3 is 36.9 Å². The fourth-order valence-electron chi connectivity index (χ4n) is 4.96. The topological polar surface area (TPSA) is 149 Å². The van der Waals surface area contributed by atoms with Crippen molar-refractivity contribution in [1.82, 2.24) is 0 Å². The normalized spacial score (nSPS) is 18.0. The fourth-order valence-corrected chi connectivity index (χ4v) is 22.6. The standard InChI is InChI=1S/C21H55N5O2Si3/c1-10-19(2,11-22)16-29(5,6)27-31(9,18-21(4,14-25)15-26)28-30(7,8)17-20(3,12-23)13-24/h10-18,22-26H2,1-9H3. The first-order valence-electron chi connectivity index (χ1n) is 11.8. The molecule has 0 radical (unpaired) electrons. The number of nitrogens with two attached hydrogens (primary N) is 5. The first-order chi connectivity index (χ1) is 13.9. The summed E-state index contributed by atoms with van der Waals surface area (Å²) in [5.74, 6) is 0. The minimum Gasteiger partial charge on any atom is -0.436 e. The molecule has 0 bridgehead atoms. The molecule has 7 nitrogen and oxygen atoms in total. The van der Waals surface area contributed by atoms with Gasteiger partial charge >= 0.3 is 8.56 Å². The molecular formula is C21H55N5O2Si3. The second kappa shape index (κ2) is 11.7. The van der Waals surface area contributed by atoms with Gasteiger partial charge in [0.25, 0.3) is 0 Å². The highest BCUT2D eigenvalue weighted by Crippen LogP contribution is 2.39. The van der Waals surface area contributed by atoms with Crippen LogP contribution >= 0.6 is 0 Å². The summed E-state index contributed by atoms with van der Waals surface area (Å²) in [5.41, 5.74) is 30.3. The van der Waals surface area contributed by atoms with Crippen molar-refractivity contribution in [2.45, 2.75) is 85.0 Å². The van der Waals surface area contributed by atoms with Gasteiger partial charge in [-0.25, -0.2) is 0 Å². The van der Waals surface area contributed by atoms with Crippen LogP contribution in [0.25, 0.3) is 0 Å². The van der Waals surface area contributed by atoms with Crippen LogP contribution in [0.15, 0.2) is 0 Å². The highest BCUT2D eigenvalue weighted by molar-refractivity contribution is 6.88. The van der Waals surface area contributed by atoms with Crippen molar-refractivity contribution in [2.75, 3.05) is 32.7 Å². The largest absolute Gasteiger partial charge is 0.436 e. The van der Waals surface area contributed by atoms with Crippen LogP contribution in [-0.4, -0.2) is 57.9 Å². The Labute approximate surface area is 196 Å². The lowest BCUT2D eigenvalue weighted by Gasteiger charge is -2.47. The van der Waals surface area contributed by atoms with Crippen molar-refractivity contribution in [3.05, 3.63) is 0 Å². The Morgan fingerprint density at radius 2 is 0.839 bits per heavy atom. The molecular weight excluding hydrogens is 439 g/mol. The quantitative estimate of drug-likeness (QED) is 0.207. The van der Waals surface area contributed by atoms with Crippen LogP contribution in [0.5, 0.6) is 0 Å². The molecule has 0 aliphatic rings. The van der Waals surface area contributed by atoms with Crippen molar-refractivity contribution in [2.24, 2.45) is 44.9 Å². The predicted molar refractivity (Wildman–Crippen MR) is 143 cm³/mol.